The number of nitrogens with zero attached hydrogens (tertiary/aromatic N) is 2. The molecule has 0 saturated carbocycles. The highest BCUT2D eigenvalue weighted by atomic mass is 32.1. The lowest BCUT2D eigenvalue weighted by molar-refractivity contribution is -0.143. The first-order valence-electron chi connectivity index (χ1n) is 16.5. The van der Waals surface area contributed by atoms with E-state index in [0.717, 1.165) is 11.1 Å². The molecule has 52 heavy (non-hydrogen) atoms. The van der Waals surface area contributed by atoms with Crippen LogP contribution in [0.1, 0.15) is 49.1 Å². The highest BCUT2D eigenvalue weighted by Gasteiger charge is 2.34. The average Bonchev–Trinajstić information content (AvgIpc) is 3.43. The fraction of sp³-hybridized carbons (Fsp3) is 0.282. The number of aromatic nitrogens is 1. The molecule has 1 aromatic heterocycles. The van der Waals surface area contributed by atoms with Crippen molar-refractivity contribution in [3.8, 4) is 23.0 Å². The summed E-state index contributed by atoms with van der Waals surface area (Å²) in [6, 6.07) is 13.8. The van der Waals surface area contributed by atoms with Crippen LogP contribution in [-0.4, -0.2) is 50.5 Å². The Labute approximate surface area is 303 Å². The van der Waals surface area contributed by atoms with Crippen molar-refractivity contribution in [1.82, 2.24) is 4.57 Å². The smallest absolute Gasteiger partial charge is 0.343 e. The second kappa shape index (κ2) is 17.0. The predicted octanol–water partition coefficient (Wildman–Crippen LogP) is 5.20. The zero-order valence-electron chi connectivity index (χ0n) is 29.5. The van der Waals surface area contributed by atoms with Gasteiger partial charge >= 0.3 is 11.9 Å². The Hall–Kier alpha value is -5.69. The number of methoxy groups -OCH3 is 2. The molecule has 272 valence electrons. The van der Waals surface area contributed by atoms with Gasteiger partial charge in [0.1, 0.15) is 12.4 Å². The van der Waals surface area contributed by atoms with Gasteiger partial charge < -0.3 is 28.4 Å². The van der Waals surface area contributed by atoms with E-state index >= 15 is 0 Å². The van der Waals surface area contributed by atoms with Crippen molar-refractivity contribution in [2.75, 3.05) is 34.0 Å². The van der Waals surface area contributed by atoms with E-state index in [1.165, 1.54) is 42.3 Å². The third-order valence-corrected chi connectivity index (χ3v) is 8.99. The average molecular weight is 731 g/mol. The number of halogens is 1. The third kappa shape index (κ3) is 8.26. The first-order chi connectivity index (χ1) is 25.1. The highest BCUT2D eigenvalue weighted by Crippen LogP contribution is 2.37. The molecule has 0 fully saturated rings. The van der Waals surface area contributed by atoms with Crippen LogP contribution in [0.3, 0.4) is 0 Å². The molecule has 2 heterocycles. The van der Waals surface area contributed by atoms with Crippen LogP contribution in [0.4, 0.5) is 4.39 Å². The van der Waals surface area contributed by atoms with E-state index in [0.29, 0.717) is 49.8 Å². The molecular weight excluding hydrogens is 691 g/mol. The van der Waals surface area contributed by atoms with Gasteiger partial charge in [-0.25, -0.2) is 19.0 Å². The van der Waals surface area contributed by atoms with Crippen LogP contribution < -0.4 is 33.8 Å². The molecule has 3 aromatic carbocycles. The van der Waals surface area contributed by atoms with Crippen LogP contribution in [0.5, 0.6) is 23.0 Å². The number of rotatable bonds is 15. The summed E-state index contributed by atoms with van der Waals surface area (Å²) in [5.41, 5.74) is 2.97. The maximum absolute atomic E-state index is 14.3. The summed E-state index contributed by atoms with van der Waals surface area (Å²) in [7, 11) is 2.79. The Morgan fingerprint density at radius 3 is 2.42 bits per heavy atom. The van der Waals surface area contributed by atoms with Crippen molar-refractivity contribution in [3.05, 3.63) is 126 Å². The van der Waals surface area contributed by atoms with Crippen LogP contribution in [-0.2, 0) is 32.1 Å². The van der Waals surface area contributed by atoms with Gasteiger partial charge in [0.15, 0.2) is 34.4 Å². The molecule has 0 radical (unpaired) electrons. The van der Waals surface area contributed by atoms with Gasteiger partial charge in [-0.3, -0.25) is 9.36 Å². The molecule has 0 spiro atoms. The summed E-state index contributed by atoms with van der Waals surface area (Å²) in [4.78, 5) is 44.6. The highest BCUT2D eigenvalue weighted by molar-refractivity contribution is 7.07. The summed E-state index contributed by atoms with van der Waals surface area (Å²) < 4.78 is 48.8. The fourth-order valence-corrected chi connectivity index (χ4v) is 6.71. The number of esters is 2. The molecule has 0 amide bonds. The summed E-state index contributed by atoms with van der Waals surface area (Å²) in [5, 5.41) is 0. The number of hydrogen-bond acceptors (Lipinski definition) is 11. The monoisotopic (exact) mass is 730 g/mol. The predicted molar refractivity (Wildman–Crippen MR) is 193 cm³/mol. The number of hydrogen-bond donors (Lipinski definition) is 0. The normalized spacial score (nSPS) is 13.9. The largest absolute Gasteiger partial charge is 0.493 e. The van der Waals surface area contributed by atoms with E-state index in [-0.39, 0.29) is 49.1 Å². The van der Waals surface area contributed by atoms with Crippen molar-refractivity contribution < 1.29 is 42.4 Å². The maximum Gasteiger partial charge on any atom is 0.343 e. The molecule has 0 unspecified atom stereocenters. The number of thiazole rings is 1. The molecule has 0 N–H and O–H groups in total. The Morgan fingerprint density at radius 2 is 1.75 bits per heavy atom. The van der Waals surface area contributed by atoms with E-state index in [9.17, 15) is 18.8 Å². The number of fused-ring (bicyclic) bond motifs is 1. The van der Waals surface area contributed by atoms with Crippen LogP contribution in [0.15, 0.2) is 88.3 Å². The van der Waals surface area contributed by atoms with Crippen molar-refractivity contribution in [1.29, 1.82) is 0 Å². The lowest BCUT2D eigenvalue weighted by atomic mass is 9.95. The van der Waals surface area contributed by atoms with Gasteiger partial charge in [0.2, 0.25) is 0 Å². The molecule has 4 aromatic rings. The van der Waals surface area contributed by atoms with Gasteiger partial charge in [-0.05, 0) is 86.4 Å². The number of allylic oxidation sites excluding steroid dienone is 2. The number of ether oxygens (including phenoxy) is 6. The van der Waals surface area contributed by atoms with Crippen LogP contribution in [0.2, 0.25) is 0 Å². The van der Waals surface area contributed by atoms with Crippen molar-refractivity contribution in [2.24, 2.45) is 4.99 Å². The van der Waals surface area contributed by atoms with Gasteiger partial charge in [-0.15, -0.1) is 6.58 Å². The Kier molecular flexibility index (Phi) is 12.3. The summed E-state index contributed by atoms with van der Waals surface area (Å²) >= 11 is 1.17. The molecule has 11 nitrogen and oxygen atoms in total. The summed E-state index contributed by atoms with van der Waals surface area (Å²) in [5.74, 6) is 0.0342. The van der Waals surface area contributed by atoms with Gasteiger partial charge in [0.05, 0.1) is 49.3 Å². The van der Waals surface area contributed by atoms with Crippen molar-refractivity contribution in [2.45, 2.75) is 39.8 Å². The molecule has 1 atom stereocenters. The van der Waals surface area contributed by atoms with E-state index in [4.69, 9.17) is 28.4 Å². The van der Waals surface area contributed by atoms with Crippen molar-refractivity contribution in [3.63, 3.8) is 0 Å². The Balaban J connectivity index is 1.61. The van der Waals surface area contributed by atoms with E-state index in [2.05, 4.69) is 11.6 Å². The fourth-order valence-electron chi connectivity index (χ4n) is 5.66. The molecule has 5 rings (SSSR count). The van der Waals surface area contributed by atoms with Crippen molar-refractivity contribution >= 4 is 29.4 Å². The lowest BCUT2D eigenvalue weighted by Crippen LogP contribution is -2.40. The molecule has 1 aliphatic heterocycles. The minimum atomic E-state index is -0.917. The minimum Gasteiger partial charge on any atom is -0.493 e. The number of carbonyl (C=O) groups excluding carboxylic acids is 2. The summed E-state index contributed by atoms with van der Waals surface area (Å²) in [6.45, 7) is 9.34. The zero-order chi connectivity index (χ0) is 37.4. The SMILES string of the molecule is C=CCc1cc(/C=c2\sc3n(c2=O)[C@@H](c2ccc(OCC(=O)OC)c(OCC)c2)C(C(=O)OCC)=C(C)N=3)cc(OC)c1OCc1ccc(F)cc1. The molecule has 1 aliphatic rings. The first kappa shape index (κ1) is 37.6. The summed E-state index contributed by atoms with van der Waals surface area (Å²) in [6.07, 6.45) is 3.92. The molecule has 13 heteroatoms. The van der Waals surface area contributed by atoms with E-state index in [1.807, 2.05) is 6.07 Å². The van der Waals surface area contributed by atoms with E-state index in [1.54, 1.807) is 69.3 Å². The topological polar surface area (TPSA) is 124 Å². The molecule has 0 bridgehead atoms. The van der Waals surface area contributed by atoms with Gasteiger partial charge in [-0.2, -0.15) is 0 Å². The van der Waals surface area contributed by atoms with Gasteiger partial charge in [0, 0.05) is 5.56 Å². The van der Waals surface area contributed by atoms with Crippen LogP contribution in [0, 0.1) is 5.82 Å². The molecule has 0 saturated heterocycles. The number of benzene rings is 3. The van der Waals surface area contributed by atoms with Crippen LogP contribution in [0.25, 0.3) is 6.08 Å². The second-order valence-corrected chi connectivity index (χ2v) is 12.4. The molecular formula is C39H39FN2O9S. The first-order valence-corrected chi connectivity index (χ1v) is 17.3. The molecule has 0 aliphatic carbocycles. The Bertz CT molecular complexity index is 2190. The third-order valence-electron chi connectivity index (χ3n) is 8.01. The second-order valence-electron chi connectivity index (χ2n) is 11.4. The minimum absolute atomic E-state index is 0.121. The van der Waals surface area contributed by atoms with E-state index < -0.39 is 18.0 Å². The quantitative estimate of drug-likeness (QED) is 0.120. The lowest BCUT2D eigenvalue weighted by Gasteiger charge is -2.25. The maximum atomic E-state index is 14.3. The zero-order valence-corrected chi connectivity index (χ0v) is 30.3. The standard InChI is InChI=1S/C39H39FN2O9S/c1-7-10-27-17-25(18-31(46-5)36(27)51-21-24-11-14-28(40)15-12-24)19-32-37(44)42-35(34(38(45)49-9-3)23(4)41-39(42)52-32)26-13-16-29(30(20-26)48-8-2)50-22-33(43)47-6/h7,11-20,35H,1,8-10,21-22H2,2-6H3/b32-19-/t35-/m0/s1. The van der Waals surface area contributed by atoms with Crippen LogP contribution >= 0.6 is 11.3 Å². The van der Waals surface area contributed by atoms with Gasteiger partial charge in [0.25, 0.3) is 5.56 Å². The Morgan fingerprint density at radius 1 is 0.981 bits per heavy atom. The van der Waals surface area contributed by atoms with Gasteiger partial charge in [-0.1, -0.05) is 35.6 Å². The number of carbonyl (C=O) groups is 2.